The summed E-state index contributed by atoms with van der Waals surface area (Å²) in [5, 5.41) is 2.94. The lowest BCUT2D eigenvalue weighted by molar-refractivity contribution is -0.122. The second kappa shape index (κ2) is 7.66. The quantitative estimate of drug-likeness (QED) is 0.630. The summed E-state index contributed by atoms with van der Waals surface area (Å²) >= 11 is 0. The average Bonchev–Trinajstić information content (AvgIpc) is 2.99. The Morgan fingerprint density at radius 1 is 1.07 bits per heavy atom. The van der Waals surface area contributed by atoms with E-state index >= 15 is 0 Å². The van der Waals surface area contributed by atoms with Gasteiger partial charge in [-0.15, -0.1) is 0 Å². The van der Waals surface area contributed by atoms with Crippen molar-refractivity contribution in [1.29, 1.82) is 0 Å². The van der Waals surface area contributed by atoms with E-state index in [2.05, 4.69) is 5.32 Å². The van der Waals surface area contributed by atoms with Gasteiger partial charge in [0.25, 0.3) is 5.91 Å². The summed E-state index contributed by atoms with van der Waals surface area (Å²) in [4.78, 5) is 40.5. The van der Waals surface area contributed by atoms with Crippen LogP contribution in [0.4, 0.5) is 11.4 Å². The molecule has 29 heavy (non-hydrogen) atoms. The van der Waals surface area contributed by atoms with Crippen LogP contribution in [0.3, 0.4) is 0 Å². The monoisotopic (exact) mass is 388 g/mol. The van der Waals surface area contributed by atoms with Crippen LogP contribution in [0, 0.1) is 17.8 Å². The highest BCUT2D eigenvalue weighted by molar-refractivity contribution is 6.25. The number of anilines is 2. The second-order valence-corrected chi connectivity index (χ2v) is 7.65. The molecule has 0 unspecified atom stereocenters. The van der Waals surface area contributed by atoms with Gasteiger partial charge < -0.3 is 5.32 Å². The Bertz CT molecular complexity index is 1010. The zero-order valence-corrected chi connectivity index (χ0v) is 16.6. The fourth-order valence-corrected chi connectivity index (χ4v) is 4.39. The van der Waals surface area contributed by atoms with E-state index in [1.165, 1.54) is 4.90 Å². The van der Waals surface area contributed by atoms with Crippen LogP contribution in [0.25, 0.3) is 0 Å². The summed E-state index contributed by atoms with van der Waals surface area (Å²) in [5.74, 6) is -1.46. The molecular weight excluding hydrogens is 364 g/mol. The number of nitrogens with one attached hydrogen (secondary N) is 1. The fourth-order valence-electron chi connectivity index (χ4n) is 4.39. The average molecular weight is 388 g/mol. The van der Waals surface area contributed by atoms with Gasteiger partial charge in [0.2, 0.25) is 11.8 Å². The number of carbonyl (C=O) groups excluding carboxylic acids is 3. The number of nitrogens with zero attached hydrogens (tertiary/aromatic N) is 1. The zero-order valence-electron chi connectivity index (χ0n) is 16.6. The lowest BCUT2D eigenvalue weighted by Gasteiger charge is -2.22. The van der Waals surface area contributed by atoms with Crippen LogP contribution >= 0.6 is 0 Å². The zero-order chi connectivity index (χ0) is 20.5. The van der Waals surface area contributed by atoms with E-state index in [1.807, 2.05) is 50.3 Å². The van der Waals surface area contributed by atoms with Crippen LogP contribution in [-0.4, -0.2) is 17.7 Å². The number of carbonyl (C=O) groups is 3. The first-order valence-corrected chi connectivity index (χ1v) is 10.1. The molecule has 0 spiro atoms. The molecule has 0 bridgehead atoms. The standard InChI is InChI=1S/C24H24N2O3/c1-3-16-10-4-6-13-19(16)25-22(27)17-11-5-7-14-20(17)26-23(28)18-12-8-9-15(2)21(18)24(26)29/h4-11,13-15,18,21H,3,12H2,1-2H3,(H,25,27)/t15-,18+,21+/m1/s1. The Kier molecular flexibility index (Phi) is 5.05. The molecule has 1 aliphatic carbocycles. The smallest absolute Gasteiger partial charge is 0.257 e. The van der Waals surface area contributed by atoms with Gasteiger partial charge in [-0.2, -0.15) is 0 Å². The van der Waals surface area contributed by atoms with Gasteiger partial charge in [-0.3, -0.25) is 14.4 Å². The van der Waals surface area contributed by atoms with Crippen LogP contribution in [0.15, 0.2) is 60.7 Å². The number of imide groups is 1. The molecule has 5 heteroatoms. The first-order valence-electron chi connectivity index (χ1n) is 10.1. The van der Waals surface area contributed by atoms with Crippen LogP contribution < -0.4 is 10.2 Å². The molecule has 2 aromatic carbocycles. The number of aryl methyl sites for hydroxylation is 1. The minimum Gasteiger partial charge on any atom is -0.322 e. The molecular formula is C24H24N2O3. The van der Waals surface area contributed by atoms with Gasteiger partial charge in [0.1, 0.15) is 0 Å². The summed E-state index contributed by atoms with van der Waals surface area (Å²) < 4.78 is 0. The van der Waals surface area contributed by atoms with E-state index in [1.54, 1.807) is 24.3 Å². The van der Waals surface area contributed by atoms with Crippen molar-refractivity contribution in [2.75, 3.05) is 10.2 Å². The highest BCUT2D eigenvalue weighted by Crippen LogP contribution is 2.41. The fraction of sp³-hybridized carbons (Fsp3) is 0.292. The van der Waals surface area contributed by atoms with E-state index in [0.29, 0.717) is 17.7 Å². The van der Waals surface area contributed by atoms with Gasteiger partial charge in [0.15, 0.2) is 0 Å². The van der Waals surface area contributed by atoms with Crippen molar-refractivity contribution in [3.05, 3.63) is 71.8 Å². The van der Waals surface area contributed by atoms with Gasteiger partial charge >= 0.3 is 0 Å². The molecule has 1 saturated heterocycles. The van der Waals surface area contributed by atoms with Crippen molar-refractivity contribution in [1.82, 2.24) is 0 Å². The SMILES string of the molecule is CCc1ccccc1NC(=O)c1ccccc1N1C(=O)[C@H]2[C@H](C)C=CC[C@@H]2C1=O. The summed E-state index contributed by atoms with van der Waals surface area (Å²) in [6, 6.07) is 14.4. The number of hydrogen-bond donors (Lipinski definition) is 1. The highest BCUT2D eigenvalue weighted by Gasteiger charge is 2.51. The van der Waals surface area contributed by atoms with Crippen molar-refractivity contribution in [2.45, 2.75) is 26.7 Å². The normalized spacial score (nSPS) is 23.2. The lowest BCUT2D eigenvalue weighted by Crippen LogP contribution is -2.33. The number of fused-ring (bicyclic) bond motifs is 1. The van der Waals surface area contributed by atoms with Crippen LogP contribution in [0.5, 0.6) is 0 Å². The molecule has 5 nitrogen and oxygen atoms in total. The molecule has 2 aliphatic rings. The van der Waals surface area contributed by atoms with Crippen molar-refractivity contribution >= 4 is 29.1 Å². The molecule has 0 saturated carbocycles. The molecule has 1 heterocycles. The molecule has 2 aromatic rings. The van der Waals surface area contributed by atoms with E-state index in [4.69, 9.17) is 0 Å². The third-order valence-corrected chi connectivity index (χ3v) is 5.91. The molecule has 4 rings (SSSR count). The van der Waals surface area contributed by atoms with Crippen molar-refractivity contribution in [3.8, 4) is 0 Å². The summed E-state index contributed by atoms with van der Waals surface area (Å²) in [5.41, 5.74) is 2.44. The Hall–Kier alpha value is -3.21. The number of para-hydroxylation sites is 2. The summed E-state index contributed by atoms with van der Waals surface area (Å²) in [6.07, 6.45) is 5.32. The first kappa shape index (κ1) is 19.1. The number of amides is 3. The van der Waals surface area contributed by atoms with Gasteiger partial charge in [-0.05, 0) is 42.5 Å². The molecule has 1 aliphatic heterocycles. The molecule has 0 radical (unpaired) electrons. The van der Waals surface area contributed by atoms with Gasteiger partial charge in [-0.25, -0.2) is 4.90 Å². The number of hydrogen-bond acceptors (Lipinski definition) is 3. The van der Waals surface area contributed by atoms with Crippen molar-refractivity contribution in [3.63, 3.8) is 0 Å². The molecule has 3 atom stereocenters. The molecule has 148 valence electrons. The van der Waals surface area contributed by atoms with Crippen LogP contribution in [-0.2, 0) is 16.0 Å². The summed E-state index contributed by atoms with van der Waals surface area (Å²) in [7, 11) is 0. The lowest BCUT2D eigenvalue weighted by atomic mass is 9.78. The Morgan fingerprint density at radius 2 is 1.79 bits per heavy atom. The van der Waals surface area contributed by atoms with E-state index < -0.39 is 0 Å². The maximum absolute atomic E-state index is 13.1. The largest absolute Gasteiger partial charge is 0.322 e. The second-order valence-electron chi connectivity index (χ2n) is 7.65. The predicted octanol–water partition coefficient (Wildman–Crippen LogP) is 4.20. The topological polar surface area (TPSA) is 66.5 Å². The molecule has 3 amide bonds. The van der Waals surface area contributed by atoms with Gasteiger partial charge in [-0.1, -0.05) is 56.3 Å². The number of allylic oxidation sites excluding steroid dienone is 2. The molecule has 1 fully saturated rings. The maximum atomic E-state index is 13.1. The number of benzene rings is 2. The van der Waals surface area contributed by atoms with Crippen molar-refractivity contribution < 1.29 is 14.4 Å². The highest BCUT2D eigenvalue weighted by atomic mass is 16.2. The van der Waals surface area contributed by atoms with E-state index in [-0.39, 0.29) is 35.5 Å². The predicted molar refractivity (Wildman–Crippen MR) is 113 cm³/mol. The van der Waals surface area contributed by atoms with Gasteiger partial charge in [0.05, 0.1) is 23.1 Å². The van der Waals surface area contributed by atoms with E-state index in [0.717, 1.165) is 17.7 Å². The Labute approximate surface area is 170 Å². The third kappa shape index (κ3) is 3.27. The number of rotatable bonds is 4. The molecule has 1 N–H and O–H groups in total. The summed E-state index contributed by atoms with van der Waals surface area (Å²) in [6.45, 7) is 3.99. The van der Waals surface area contributed by atoms with Crippen LogP contribution in [0.1, 0.15) is 36.2 Å². The van der Waals surface area contributed by atoms with Gasteiger partial charge in [0, 0.05) is 5.69 Å². The van der Waals surface area contributed by atoms with Crippen LogP contribution in [0.2, 0.25) is 0 Å². The minimum absolute atomic E-state index is 0.00706. The van der Waals surface area contributed by atoms with E-state index in [9.17, 15) is 14.4 Å². The Balaban J connectivity index is 1.68. The molecule has 0 aromatic heterocycles. The van der Waals surface area contributed by atoms with Crippen molar-refractivity contribution in [2.24, 2.45) is 17.8 Å². The third-order valence-electron chi connectivity index (χ3n) is 5.91. The maximum Gasteiger partial charge on any atom is 0.257 e. The Morgan fingerprint density at radius 3 is 2.55 bits per heavy atom. The first-order chi connectivity index (χ1) is 14.0. The minimum atomic E-state index is -0.357.